The molecule has 2 heterocycles. The van der Waals surface area contributed by atoms with E-state index < -0.39 is 0 Å². The van der Waals surface area contributed by atoms with Crippen molar-refractivity contribution in [2.75, 3.05) is 16.8 Å². The van der Waals surface area contributed by atoms with Crippen molar-refractivity contribution in [2.45, 2.75) is 33.2 Å². The van der Waals surface area contributed by atoms with E-state index in [4.69, 9.17) is 0 Å². The molecule has 4 rings (SSSR count). The molecule has 1 aliphatic rings. The summed E-state index contributed by atoms with van der Waals surface area (Å²) in [6.45, 7) is 6.72. The van der Waals surface area contributed by atoms with E-state index in [0.29, 0.717) is 11.6 Å². The van der Waals surface area contributed by atoms with Crippen LogP contribution in [0.1, 0.15) is 35.3 Å². The maximum Gasteiger partial charge on any atom is 0.229 e. The Kier molecular flexibility index (Phi) is 4.71. The Labute approximate surface area is 163 Å². The molecule has 0 amide bonds. The monoisotopic (exact) mass is 380 g/mol. The first-order valence-corrected chi connectivity index (χ1v) is 9.36. The first-order valence-electron chi connectivity index (χ1n) is 9.36. The fourth-order valence-corrected chi connectivity index (χ4v) is 3.71. The largest absolute Gasteiger partial charge is 0.349 e. The highest BCUT2D eigenvalue weighted by atomic mass is 19.1. The average Bonchev–Trinajstić information content (AvgIpc) is 2.67. The Morgan fingerprint density at radius 3 is 2.64 bits per heavy atom. The lowest BCUT2D eigenvalue weighted by Crippen LogP contribution is -2.35. The molecule has 144 valence electrons. The molecule has 0 bridgehead atoms. The van der Waals surface area contributed by atoms with E-state index in [0.717, 1.165) is 35.6 Å². The molecule has 4 nitrogen and oxygen atoms in total. The summed E-state index contributed by atoms with van der Waals surface area (Å²) in [5, 5.41) is 2.98. The molecule has 1 aromatic heterocycles. The number of hydrogen-bond acceptors (Lipinski definition) is 4. The number of halogens is 2. The van der Waals surface area contributed by atoms with Crippen LogP contribution in [0.25, 0.3) is 0 Å². The third kappa shape index (κ3) is 3.30. The van der Waals surface area contributed by atoms with Crippen LogP contribution in [0.15, 0.2) is 42.5 Å². The fourth-order valence-electron chi connectivity index (χ4n) is 3.71. The predicted octanol–water partition coefficient (Wildman–Crippen LogP) is 5.24. The van der Waals surface area contributed by atoms with E-state index in [1.807, 2.05) is 19.9 Å². The molecule has 0 saturated heterocycles. The fraction of sp³-hybridized carbons (Fsp3) is 0.273. The minimum absolute atomic E-state index is 0.0197. The summed E-state index contributed by atoms with van der Waals surface area (Å²) in [5.41, 5.74) is 4.26. The maximum atomic E-state index is 14.0. The van der Waals surface area contributed by atoms with Gasteiger partial charge in [0.25, 0.3) is 0 Å². The highest BCUT2D eigenvalue weighted by molar-refractivity contribution is 5.60. The average molecular weight is 380 g/mol. The summed E-state index contributed by atoms with van der Waals surface area (Å²) in [4.78, 5) is 11.3. The SMILES string of the molecule is Cc1nc(Nc2ccccc2F)nc(N2CCc3ccc(F)cc3C2C)c1C. The lowest BCUT2D eigenvalue weighted by atomic mass is 9.93. The van der Waals surface area contributed by atoms with Crippen LogP contribution in [0.3, 0.4) is 0 Å². The lowest BCUT2D eigenvalue weighted by molar-refractivity contribution is 0.589. The first kappa shape index (κ1) is 18.3. The third-order valence-electron chi connectivity index (χ3n) is 5.40. The van der Waals surface area contributed by atoms with Crippen molar-refractivity contribution in [2.24, 2.45) is 0 Å². The molecule has 1 unspecified atom stereocenters. The lowest BCUT2D eigenvalue weighted by Gasteiger charge is -2.37. The zero-order valence-electron chi connectivity index (χ0n) is 16.1. The zero-order valence-corrected chi connectivity index (χ0v) is 16.1. The third-order valence-corrected chi connectivity index (χ3v) is 5.40. The maximum absolute atomic E-state index is 14.0. The number of hydrogen-bond donors (Lipinski definition) is 1. The Bertz CT molecular complexity index is 1040. The molecule has 1 N–H and O–H groups in total. The number of aryl methyl sites for hydroxylation is 1. The molecule has 0 fully saturated rings. The molecule has 0 aliphatic carbocycles. The quantitative estimate of drug-likeness (QED) is 0.675. The Morgan fingerprint density at radius 2 is 1.86 bits per heavy atom. The molecule has 6 heteroatoms. The van der Waals surface area contributed by atoms with Gasteiger partial charge in [0.2, 0.25) is 5.95 Å². The molecule has 28 heavy (non-hydrogen) atoms. The molecule has 2 aromatic carbocycles. The zero-order chi connectivity index (χ0) is 19.8. The van der Waals surface area contributed by atoms with Crippen molar-refractivity contribution in [1.29, 1.82) is 0 Å². The first-order chi connectivity index (χ1) is 13.4. The predicted molar refractivity (Wildman–Crippen MR) is 107 cm³/mol. The molecule has 0 radical (unpaired) electrons. The second kappa shape index (κ2) is 7.19. The number of nitrogens with zero attached hydrogens (tertiary/aromatic N) is 3. The van der Waals surface area contributed by atoms with Crippen molar-refractivity contribution in [3.8, 4) is 0 Å². The van der Waals surface area contributed by atoms with Crippen LogP contribution in [-0.2, 0) is 6.42 Å². The van der Waals surface area contributed by atoms with Crippen molar-refractivity contribution in [3.05, 3.63) is 76.5 Å². The van der Waals surface area contributed by atoms with Gasteiger partial charge in [-0.05, 0) is 62.6 Å². The number of nitrogens with one attached hydrogen (secondary N) is 1. The van der Waals surface area contributed by atoms with Gasteiger partial charge in [-0.1, -0.05) is 18.2 Å². The van der Waals surface area contributed by atoms with Gasteiger partial charge in [0.1, 0.15) is 17.5 Å². The summed E-state index contributed by atoms with van der Waals surface area (Å²) in [6, 6.07) is 11.4. The van der Waals surface area contributed by atoms with E-state index in [-0.39, 0.29) is 17.7 Å². The Hall–Kier alpha value is -3.02. The van der Waals surface area contributed by atoms with Gasteiger partial charge in [-0.15, -0.1) is 0 Å². The number of rotatable bonds is 3. The number of aromatic nitrogens is 2. The molecule has 0 saturated carbocycles. The minimum atomic E-state index is -0.360. The van der Waals surface area contributed by atoms with E-state index in [2.05, 4.69) is 27.1 Å². The number of para-hydroxylation sites is 1. The van der Waals surface area contributed by atoms with Crippen molar-refractivity contribution in [3.63, 3.8) is 0 Å². The molecule has 0 spiro atoms. The van der Waals surface area contributed by atoms with Gasteiger partial charge in [-0.2, -0.15) is 4.98 Å². The Morgan fingerprint density at radius 1 is 1.07 bits per heavy atom. The van der Waals surface area contributed by atoms with Gasteiger partial charge >= 0.3 is 0 Å². The van der Waals surface area contributed by atoms with Crippen molar-refractivity contribution < 1.29 is 8.78 Å². The highest BCUT2D eigenvalue weighted by Gasteiger charge is 2.27. The van der Waals surface area contributed by atoms with Gasteiger partial charge in [0.05, 0.1) is 11.7 Å². The highest BCUT2D eigenvalue weighted by Crippen LogP contribution is 2.35. The smallest absolute Gasteiger partial charge is 0.229 e. The topological polar surface area (TPSA) is 41.1 Å². The van der Waals surface area contributed by atoms with Gasteiger partial charge in [0, 0.05) is 17.8 Å². The second-order valence-electron chi connectivity index (χ2n) is 7.15. The number of anilines is 3. The number of benzene rings is 2. The van der Waals surface area contributed by atoms with Gasteiger partial charge < -0.3 is 10.2 Å². The summed E-state index contributed by atoms with van der Waals surface area (Å²) < 4.78 is 27.8. The Balaban J connectivity index is 1.72. The second-order valence-corrected chi connectivity index (χ2v) is 7.15. The van der Waals surface area contributed by atoms with Crippen LogP contribution in [0.4, 0.5) is 26.2 Å². The van der Waals surface area contributed by atoms with Gasteiger partial charge in [-0.25, -0.2) is 13.8 Å². The van der Waals surface area contributed by atoms with E-state index in [1.165, 1.54) is 17.7 Å². The van der Waals surface area contributed by atoms with Crippen LogP contribution < -0.4 is 10.2 Å². The van der Waals surface area contributed by atoms with Crippen LogP contribution in [0.2, 0.25) is 0 Å². The summed E-state index contributed by atoms with van der Waals surface area (Å²) in [5.74, 6) is 0.542. The van der Waals surface area contributed by atoms with Crippen molar-refractivity contribution >= 4 is 17.5 Å². The van der Waals surface area contributed by atoms with E-state index in [9.17, 15) is 8.78 Å². The summed E-state index contributed by atoms with van der Waals surface area (Å²) >= 11 is 0. The summed E-state index contributed by atoms with van der Waals surface area (Å²) in [7, 11) is 0. The van der Waals surface area contributed by atoms with Crippen LogP contribution in [0.5, 0.6) is 0 Å². The standard InChI is InChI=1S/C22H22F2N4/c1-13-14(2)25-22(26-20-7-5-4-6-19(20)24)27-21(13)28-11-10-16-8-9-17(23)12-18(16)15(28)3/h4-9,12,15H,10-11H2,1-3H3,(H,25,26,27). The molecule has 3 aromatic rings. The van der Waals surface area contributed by atoms with Crippen molar-refractivity contribution in [1.82, 2.24) is 9.97 Å². The van der Waals surface area contributed by atoms with Crippen LogP contribution >= 0.6 is 0 Å². The minimum Gasteiger partial charge on any atom is -0.349 e. The molecule has 1 aliphatic heterocycles. The van der Waals surface area contributed by atoms with Crippen LogP contribution in [-0.4, -0.2) is 16.5 Å². The molecular formula is C22H22F2N4. The van der Waals surface area contributed by atoms with Gasteiger partial charge in [-0.3, -0.25) is 0 Å². The molecular weight excluding hydrogens is 358 g/mol. The molecule has 1 atom stereocenters. The van der Waals surface area contributed by atoms with Gasteiger partial charge in [0.15, 0.2) is 0 Å². The van der Waals surface area contributed by atoms with Crippen LogP contribution in [0, 0.1) is 25.5 Å². The number of fused-ring (bicyclic) bond motifs is 1. The normalized spacial score (nSPS) is 16.0. The van der Waals surface area contributed by atoms with E-state index in [1.54, 1.807) is 24.3 Å². The van der Waals surface area contributed by atoms with E-state index >= 15 is 0 Å². The summed E-state index contributed by atoms with van der Waals surface area (Å²) in [6.07, 6.45) is 0.818.